The Morgan fingerprint density at radius 3 is 1.60 bits per heavy atom. The van der Waals surface area contributed by atoms with Gasteiger partial charge in [0.2, 0.25) is 0 Å². The van der Waals surface area contributed by atoms with Crippen LogP contribution in [-0.2, 0) is 6.42 Å². The minimum atomic E-state index is 0.591. The van der Waals surface area contributed by atoms with E-state index in [1.165, 1.54) is 33.3 Å². The van der Waals surface area contributed by atoms with Gasteiger partial charge in [0.25, 0.3) is 0 Å². The molecule has 3 aromatic heterocycles. The highest BCUT2D eigenvalue weighted by Crippen LogP contribution is 2.41. The van der Waals surface area contributed by atoms with Crippen molar-refractivity contribution in [3.63, 3.8) is 0 Å². The van der Waals surface area contributed by atoms with Crippen LogP contribution in [0.2, 0.25) is 0 Å². The molecule has 1 aliphatic carbocycles. The van der Waals surface area contributed by atoms with Gasteiger partial charge in [-0.3, -0.25) is 0 Å². The van der Waals surface area contributed by atoms with E-state index in [9.17, 15) is 0 Å². The van der Waals surface area contributed by atoms with E-state index >= 15 is 0 Å². The van der Waals surface area contributed by atoms with Gasteiger partial charge in [0.15, 0.2) is 17.5 Å². The number of aromatic nitrogens is 4. The van der Waals surface area contributed by atoms with Crippen LogP contribution in [0.3, 0.4) is 0 Å². The number of hydrogen-bond donors (Lipinski definition) is 0. The predicted molar refractivity (Wildman–Crippen MR) is 254 cm³/mol. The zero-order valence-corrected chi connectivity index (χ0v) is 33.7. The summed E-state index contributed by atoms with van der Waals surface area (Å²) in [6, 6.07) is 68.0. The molecule has 0 radical (unpaired) electrons. The average molecular weight is 795 g/mol. The third-order valence-corrected chi connectivity index (χ3v) is 12.2. The third-order valence-electron chi connectivity index (χ3n) is 12.2. The summed E-state index contributed by atoms with van der Waals surface area (Å²) in [5.74, 6) is 1.81. The molecule has 12 rings (SSSR count). The fourth-order valence-corrected chi connectivity index (χ4v) is 9.11. The first-order valence-corrected chi connectivity index (χ1v) is 21.1. The highest BCUT2D eigenvalue weighted by molar-refractivity contribution is 6.12. The molecule has 0 fully saturated rings. The molecule has 8 aromatic carbocycles. The number of hydrogen-bond acceptors (Lipinski definition) is 4. The molecule has 0 aliphatic heterocycles. The summed E-state index contributed by atoms with van der Waals surface area (Å²) in [7, 11) is 0. The summed E-state index contributed by atoms with van der Waals surface area (Å²) in [5, 5.41) is 3.25. The molecule has 62 heavy (non-hydrogen) atoms. The summed E-state index contributed by atoms with van der Waals surface area (Å²) in [6.07, 6.45) is 6.57. The van der Waals surface area contributed by atoms with Crippen LogP contribution in [-0.4, -0.2) is 19.5 Å². The normalized spacial score (nSPS) is 12.3. The molecule has 11 aromatic rings. The first kappa shape index (κ1) is 35.8. The van der Waals surface area contributed by atoms with Crippen LogP contribution in [0.1, 0.15) is 17.7 Å². The van der Waals surface area contributed by atoms with Gasteiger partial charge >= 0.3 is 0 Å². The average Bonchev–Trinajstić information content (AvgIpc) is 3.90. The Kier molecular flexibility index (Phi) is 8.56. The second-order valence-electron chi connectivity index (χ2n) is 15.9. The van der Waals surface area contributed by atoms with Gasteiger partial charge in [0, 0.05) is 55.9 Å². The molecule has 5 nitrogen and oxygen atoms in total. The predicted octanol–water partition coefficient (Wildman–Crippen LogP) is 14.7. The second kappa shape index (κ2) is 14.8. The molecule has 0 unspecified atom stereocenters. The van der Waals surface area contributed by atoms with Crippen LogP contribution in [0.5, 0.6) is 0 Å². The van der Waals surface area contributed by atoms with Crippen molar-refractivity contribution in [1.82, 2.24) is 19.5 Å². The van der Waals surface area contributed by atoms with Crippen LogP contribution in [0.25, 0.3) is 112 Å². The Bertz CT molecular complexity index is 3380. The maximum Gasteiger partial charge on any atom is 0.164 e. The lowest BCUT2D eigenvalue weighted by molar-refractivity contribution is 0.668. The summed E-state index contributed by atoms with van der Waals surface area (Å²) in [6.45, 7) is 0. The van der Waals surface area contributed by atoms with Crippen LogP contribution >= 0.6 is 0 Å². The van der Waals surface area contributed by atoms with Crippen LogP contribution in [0.4, 0.5) is 0 Å². The van der Waals surface area contributed by atoms with Gasteiger partial charge in [-0.1, -0.05) is 170 Å². The fourth-order valence-electron chi connectivity index (χ4n) is 9.11. The Balaban J connectivity index is 0.989. The summed E-state index contributed by atoms with van der Waals surface area (Å²) in [5.41, 5.74) is 16.2. The topological polar surface area (TPSA) is 56.7 Å². The zero-order valence-electron chi connectivity index (χ0n) is 33.7. The van der Waals surface area contributed by atoms with Gasteiger partial charge in [-0.15, -0.1) is 0 Å². The number of fused-ring (bicyclic) bond motifs is 6. The second-order valence-corrected chi connectivity index (χ2v) is 15.9. The molecule has 292 valence electrons. The Morgan fingerprint density at radius 1 is 0.419 bits per heavy atom. The molecule has 5 heteroatoms. The largest absolute Gasteiger partial charge is 0.456 e. The Hall–Kier alpha value is -8.15. The molecule has 3 heterocycles. The lowest BCUT2D eigenvalue weighted by atomic mass is 9.99. The van der Waals surface area contributed by atoms with E-state index in [1.54, 1.807) is 0 Å². The minimum absolute atomic E-state index is 0.591. The lowest BCUT2D eigenvalue weighted by Gasteiger charge is -2.13. The first-order chi connectivity index (χ1) is 30.7. The minimum Gasteiger partial charge on any atom is -0.456 e. The molecule has 0 saturated heterocycles. The van der Waals surface area contributed by atoms with E-state index in [4.69, 9.17) is 19.4 Å². The van der Waals surface area contributed by atoms with Crippen LogP contribution in [0.15, 0.2) is 205 Å². The quantitative estimate of drug-likeness (QED) is 0.161. The van der Waals surface area contributed by atoms with E-state index < -0.39 is 0 Å². The summed E-state index contributed by atoms with van der Waals surface area (Å²) in [4.78, 5) is 15.5. The number of furan rings is 1. The highest BCUT2D eigenvalue weighted by Gasteiger charge is 2.22. The molecular formula is C57H38N4O. The molecular weight excluding hydrogens is 757 g/mol. The molecule has 0 bridgehead atoms. The van der Waals surface area contributed by atoms with E-state index in [0.29, 0.717) is 17.5 Å². The smallest absolute Gasteiger partial charge is 0.164 e. The fraction of sp³-hybridized carbons (Fsp3) is 0.0351. The van der Waals surface area contributed by atoms with Gasteiger partial charge in [-0.25, -0.2) is 15.0 Å². The molecule has 0 amide bonds. The highest BCUT2D eigenvalue weighted by atomic mass is 16.3. The van der Waals surface area contributed by atoms with Crippen molar-refractivity contribution in [3.05, 3.63) is 211 Å². The van der Waals surface area contributed by atoms with E-state index in [1.807, 2.05) is 24.3 Å². The molecule has 0 N–H and O–H groups in total. The van der Waals surface area contributed by atoms with Gasteiger partial charge in [-0.2, -0.15) is 0 Å². The van der Waals surface area contributed by atoms with E-state index in [0.717, 1.165) is 79.4 Å². The molecule has 0 saturated carbocycles. The number of benzene rings is 8. The van der Waals surface area contributed by atoms with Crippen LogP contribution in [0, 0.1) is 0 Å². The van der Waals surface area contributed by atoms with Gasteiger partial charge < -0.3 is 8.98 Å². The van der Waals surface area contributed by atoms with Gasteiger partial charge in [-0.05, 0) is 76.6 Å². The lowest BCUT2D eigenvalue weighted by Crippen LogP contribution is -2.02. The standard InChI is InChI=1S/C57H38N4O/c1-4-13-37(14-5-1)40-23-27-42(28-24-40)55-58-56(43-29-25-41(26-30-43)38-15-6-2-7-16-38)60-57(59-55)48-20-12-22-52-54(48)47-33-32-45(36-53(47)62-52)61-50-21-11-10-19-46(50)49-35-44(31-34-51(49)61)39-17-8-3-9-18-39/h1-10,12-20,22-36H,11,21H2. The Labute approximate surface area is 359 Å². The van der Waals surface area contributed by atoms with Crippen molar-refractivity contribution in [3.8, 4) is 73.2 Å². The number of nitrogens with zero attached hydrogens (tertiary/aromatic N) is 4. The third kappa shape index (κ3) is 6.22. The van der Waals surface area contributed by atoms with Crippen molar-refractivity contribution in [2.24, 2.45) is 0 Å². The van der Waals surface area contributed by atoms with E-state index in [-0.39, 0.29) is 0 Å². The van der Waals surface area contributed by atoms with Crippen molar-refractivity contribution >= 4 is 38.9 Å². The zero-order chi connectivity index (χ0) is 41.0. The monoisotopic (exact) mass is 794 g/mol. The van der Waals surface area contributed by atoms with Crippen molar-refractivity contribution in [2.45, 2.75) is 12.8 Å². The van der Waals surface area contributed by atoms with Crippen molar-refractivity contribution < 1.29 is 4.42 Å². The number of rotatable bonds is 7. The van der Waals surface area contributed by atoms with Crippen LogP contribution < -0.4 is 0 Å². The molecule has 0 spiro atoms. The Morgan fingerprint density at radius 2 is 0.968 bits per heavy atom. The number of allylic oxidation sites excluding steroid dienone is 1. The summed E-state index contributed by atoms with van der Waals surface area (Å²) < 4.78 is 9.15. The maximum atomic E-state index is 6.73. The molecule has 0 atom stereocenters. The summed E-state index contributed by atoms with van der Waals surface area (Å²) >= 11 is 0. The van der Waals surface area contributed by atoms with Gasteiger partial charge in [0.05, 0.1) is 5.52 Å². The SMILES string of the molecule is C1=Cc2c(n(-c3ccc4c(c3)oc3cccc(-c5nc(-c6ccc(-c7ccccc7)cc6)nc(-c6ccc(-c7ccccc7)cc6)n5)c34)c3ccc(-c4ccccc4)cc23)CC1. The first-order valence-electron chi connectivity index (χ1n) is 21.1. The van der Waals surface area contributed by atoms with Crippen molar-refractivity contribution in [2.75, 3.05) is 0 Å². The van der Waals surface area contributed by atoms with E-state index in [2.05, 4.69) is 187 Å². The van der Waals surface area contributed by atoms with Gasteiger partial charge in [0.1, 0.15) is 11.2 Å². The maximum absolute atomic E-state index is 6.73. The molecule has 1 aliphatic rings. The van der Waals surface area contributed by atoms with Crippen molar-refractivity contribution in [1.29, 1.82) is 0 Å².